The molecule has 1 aliphatic heterocycles. The van der Waals surface area contributed by atoms with Crippen LogP contribution < -0.4 is 5.32 Å². The molecule has 18 heavy (non-hydrogen) atoms. The number of nitrogens with zero attached hydrogens (tertiary/aromatic N) is 1. The fraction of sp³-hybridized carbons (Fsp3) is 0.786. The standard InChI is InChI=1S/C14H22N2O.ClH/c17-14-12(10-16-7-5-15-6-8-16)9-11-3-1-2-4-13(11)14;/h12,15H,1-10H2;1H. The fourth-order valence-corrected chi connectivity index (χ4v) is 3.48. The van der Waals surface area contributed by atoms with E-state index in [2.05, 4.69) is 10.2 Å². The third-order valence-corrected chi connectivity index (χ3v) is 4.43. The van der Waals surface area contributed by atoms with Gasteiger partial charge in [-0.25, -0.2) is 0 Å². The number of halogens is 1. The summed E-state index contributed by atoms with van der Waals surface area (Å²) in [7, 11) is 0. The van der Waals surface area contributed by atoms with Crippen molar-refractivity contribution in [2.45, 2.75) is 32.1 Å². The van der Waals surface area contributed by atoms with Gasteiger partial charge in [-0.2, -0.15) is 0 Å². The highest BCUT2D eigenvalue weighted by Crippen LogP contribution is 2.38. The Morgan fingerprint density at radius 3 is 2.61 bits per heavy atom. The molecule has 0 aromatic rings. The maximum atomic E-state index is 12.3. The van der Waals surface area contributed by atoms with Crippen molar-refractivity contribution in [2.75, 3.05) is 32.7 Å². The first-order chi connectivity index (χ1) is 8.34. The molecule has 1 N–H and O–H groups in total. The van der Waals surface area contributed by atoms with E-state index in [1.807, 2.05) is 0 Å². The fourth-order valence-electron chi connectivity index (χ4n) is 3.48. The predicted molar refractivity (Wildman–Crippen MR) is 75.2 cm³/mol. The number of Topliss-reactive ketones (excluding diaryl/α,β-unsaturated/α-hetero) is 1. The van der Waals surface area contributed by atoms with E-state index in [9.17, 15) is 4.79 Å². The van der Waals surface area contributed by atoms with Gasteiger partial charge in [-0.15, -0.1) is 12.4 Å². The number of ketones is 1. The first-order valence-electron chi connectivity index (χ1n) is 7.03. The third kappa shape index (κ3) is 2.79. The molecule has 102 valence electrons. The molecule has 0 bridgehead atoms. The molecule has 1 fully saturated rings. The van der Waals surface area contributed by atoms with Crippen molar-refractivity contribution in [3.8, 4) is 0 Å². The normalized spacial score (nSPS) is 29.1. The number of hydrogen-bond acceptors (Lipinski definition) is 3. The lowest BCUT2D eigenvalue weighted by molar-refractivity contribution is -0.119. The molecule has 0 spiro atoms. The highest BCUT2D eigenvalue weighted by molar-refractivity contribution is 6.00. The van der Waals surface area contributed by atoms with Gasteiger partial charge in [0.2, 0.25) is 0 Å². The van der Waals surface area contributed by atoms with Crippen molar-refractivity contribution in [3.63, 3.8) is 0 Å². The van der Waals surface area contributed by atoms with Crippen LogP contribution in [0.3, 0.4) is 0 Å². The van der Waals surface area contributed by atoms with Crippen molar-refractivity contribution < 1.29 is 4.79 Å². The zero-order valence-electron chi connectivity index (χ0n) is 10.9. The van der Waals surface area contributed by atoms with Crippen LogP contribution in [0.2, 0.25) is 0 Å². The molecule has 1 atom stereocenters. The van der Waals surface area contributed by atoms with Crippen molar-refractivity contribution in [1.82, 2.24) is 10.2 Å². The molecule has 3 aliphatic rings. The van der Waals surface area contributed by atoms with Crippen LogP contribution in [0.15, 0.2) is 11.1 Å². The molecule has 2 aliphatic carbocycles. The summed E-state index contributed by atoms with van der Waals surface area (Å²) >= 11 is 0. The van der Waals surface area contributed by atoms with Crippen LogP contribution in [0, 0.1) is 5.92 Å². The Morgan fingerprint density at radius 2 is 1.89 bits per heavy atom. The van der Waals surface area contributed by atoms with E-state index in [1.54, 1.807) is 0 Å². The Bertz CT molecular complexity index is 348. The van der Waals surface area contributed by atoms with Crippen molar-refractivity contribution in [1.29, 1.82) is 0 Å². The highest BCUT2D eigenvalue weighted by atomic mass is 35.5. The molecular weight excluding hydrogens is 248 g/mol. The predicted octanol–water partition coefficient (Wildman–Crippen LogP) is 1.77. The van der Waals surface area contributed by atoms with E-state index in [-0.39, 0.29) is 18.3 Å². The number of piperazine rings is 1. The first kappa shape index (κ1) is 14.0. The van der Waals surface area contributed by atoms with Gasteiger partial charge in [0, 0.05) is 38.6 Å². The summed E-state index contributed by atoms with van der Waals surface area (Å²) in [6.45, 7) is 5.36. The minimum atomic E-state index is 0. The van der Waals surface area contributed by atoms with Crippen LogP contribution in [-0.2, 0) is 4.79 Å². The van der Waals surface area contributed by atoms with Crippen LogP contribution >= 0.6 is 12.4 Å². The molecule has 0 saturated carbocycles. The molecule has 3 nitrogen and oxygen atoms in total. The van der Waals surface area contributed by atoms with Crippen molar-refractivity contribution in [3.05, 3.63) is 11.1 Å². The number of allylic oxidation sites excluding steroid dienone is 2. The van der Waals surface area contributed by atoms with E-state index in [0.29, 0.717) is 5.78 Å². The third-order valence-electron chi connectivity index (χ3n) is 4.43. The molecule has 0 amide bonds. The first-order valence-corrected chi connectivity index (χ1v) is 7.03. The zero-order valence-corrected chi connectivity index (χ0v) is 11.7. The van der Waals surface area contributed by atoms with Gasteiger partial charge in [-0.3, -0.25) is 4.79 Å². The number of nitrogens with one attached hydrogen (secondary N) is 1. The van der Waals surface area contributed by atoms with Gasteiger partial charge in [0.1, 0.15) is 0 Å². The smallest absolute Gasteiger partial charge is 0.163 e. The Balaban J connectivity index is 0.00000120. The van der Waals surface area contributed by atoms with Gasteiger partial charge < -0.3 is 10.2 Å². The average Bonchev–Trinajstić information content (AvgIpc) is 2.68. The zero-order chi connectivity index (χ0) is 11.7. The molecule has 3 rings (SSSR count). The summed E-state index contributed by atoms with van der Waals surface area (Å²) in [4.78, 5) is 14.8. The van der Waals surface area contributed by atoms with Gasteiger partial charge in [-0.1, -0.05) is 5.57 Å². The molecule has 0 radical (unpaired) electrons. The molecule has 1 heterocycles. The Morgan fingerprint density at radius 1 is 1.17 bits per heavy atom. The summed E-state index contributed by atoms with van der Waals surface area (Å²) in [5.41, 5.74) is 2.72. The number of carbonyl (C=O) groups excluding carboxylic acids is 1. The lowest BCUT2D eigenvalue weighted by Crippen LogP contribution is -2.45. The second-order valence-corrected chi connectivity index (χ2v) is 5.61. The summed E-state index contributed by atoms with van der Waals surface area (Å²) in [5, 5.41) is 3.36. The lowest BCUT2D eigenvalue weighted by atomic mass is 9.94. The van der Waals surface area contributed by atoms with Gasteiger partial charge in [0.15, 0.2) is 5.78 Å². The highest BCUT2D eigenvalue weighted by Gasteiger charge is 2.34. The topological polar surface area (TPSA) is 32.3 Å². The molecule has 1 saturated heterocycles. The summed E-state index contributed by atoms with van der Waals surface area (Å²) in [6.07, 6.45) is 5.85. The molecule has 4 heteroatoms. The summed E-state index contributed by atoms with van der Waals surface area (Å²) < 4.78 is 0. The van der Waals surface area contributed by atoms with Crippen LogP contribution in [0.5, 0.6) is 0 Å². The summed E-state index contributed by atoms with van der Waals surface area (Å²) in [6, 6.07) is 0. The maximum Gasteiger partial charge on any atom is 0.163 e. The quantitative estimate of drug-likeness (QED) is 0.830. The van der Waals surface area contributed by atoms with Gasteiger partial charge in [0.05, 0.1) is 0 Å². The lowest BCUT2D eigenvalue weighted by Gasteiger charge is -2.29. The molecule has 0 aromatic carbocycles. The van der Waals surface area contributed by atoms with Crippen LogP contribution in [-0.4, -0.2) is 43.4 Å². The van der Waals surface area contributed by atoms with Gasteiger partial charge in [0.25, 0.3) is 0 Å². The number of rotatable bonds is 2. The van der Waals surface area contributed by atoms with Crippen LogP contribution in [0.4, 0.5) is 0 Å². The van der Waals surface area contributed by atoms with E-state index in [1.165, 1.54) is 30.4 Å². The number of carbonyl (C=O) groups is 1. The second kappa shape index (κ2) is 6.18. The van der Waals surface area contributed by atoms with E-state index in [4.69, 9.17) is 0 Å². The van der Waals surface area contributed by atoms with Gasteiger partial charge in [-0.05, 0) is 37.7 Å². The van der Waals surface area contributed by atoms with Crippen LogP contribution in [0.25, 0.3) is 0 Å². The second-order valence-electron chi connectivity index (χ2n) is 5.61. The Hall–Kier alpha value is -0.380. The van der Waals surface area contributed by atoms with E-state index >= 15 is 0 Å². The van der Waals surface area contributed by atoms with Crippen LogP contribution in [0.1, 0.15) is 32.1 Å². The largest absolute Gasteiger partial charge is 0.314 e. The van der Waals surface area contributed by atoms with E-state index in [0.717, 1.165) is 45.6 Å². The Kier molecular flexibility index (Phi) is 4.82. The van der Waals surface area contributed by atoms with E-state index < -0.39 is 0 Å². The summed E-state index contributed by atoms with van der Waals surface area (Å²) in [5.74, 6) is 0.773. The monoisotopic (exact) mass is 270 g/mol. The molecule has 0 aromatic heterocycles. The minimum absolute atomic E-state index is 0. The minimum Gasteiger partial charge on any atom is -0.314 e. The molecular formula is C14H23ClN2O. The molecule has 1 unspecified atom stereocenters. The average molecular weight is 271 g/mol. The Labute approximate surface area is 115 Å². The van der Waals surface area contributed by atoms with Crippen molar-refractivity contribution >= 4 is 18.2 Å². The van der Waals surface area contributed by atoms with Crippen molar-refractivity contribution in [2.24, 2.45) is 5.92 Å². The number of hydrogen-bond donors (Lipinski definition) is 1. The maximum absolute atomic E-state index is 12.3. The van der Waals surface area contributed by atoms with Gasteiger partial charge >= 0.3 is 0 Å². The SMILES string of the molecule is Cl.O=C1C2=C(CCCC2)CC1CN1CCNCC1.